The Labute approximate surface area is 267 Å². The number of oxime groups is 1. The van der Waals surface area contributed by atoms with Gasteiger partial charge in [-0.25, -0.2) is 19.6 Å². The van der Waals surface area contributed by atoms with Crippen molar-refractivity contribution < 1.29 is 38.8 Å². The van der Waals surface area contributed by atoms with Gasteiger partial charge in [-0.2, -0.15) is 4.57 Å². The largest absolute Gasteiger partial charge is 0.478 e. The molecule has 1 saturated heterocycles. The molecule has 20 heteroatoms. The summed E-state index contributed by atoms with van der Waals surface area (Å²) in [6.45, 7) is 2.69. The van der Waals surface area contributed by atoms with Crippen molar-refractivity contribution in [1.29, 1.82) is 0 Å². The number of carboxylic acid groups (broad SMARTS) is 2. The Balaban J connectivity index is 1.36. The van der Waals surface area contributed by atoms with Crippen molar-refractivity contribution in [3.05, 3.63) is 39.8 Å². The van der Waals surface area contributed by atoms with Gasteiger partial charge in [0, 0.05) is 30.5 Å². The minimum atomic E-state index is -1.41. The van der Waals surface area contributed by atoms with Crippen molar-refractivity contribution in [2.75, 3.05) is 30.8 Å². The van der Waals surface area contributed by atoms with E-state index in [2.05, 4.69) is 25.8 Å². The summed E-state index contributed by atoms with van der Waals surface area (Å²) in [6.07, 6.45) is 2.13. The number of amides is 2. The molecule has 0 saturated carbocycles. The monoisotopic (exact) mass is 679 g/mol. The third-order valence-electron chi connectivity index (χ3n) is 6.96. The van der Waals surface area contributed by atoms with E-state index in [4.69, 9.17) is 33.0 Å². The molecular weight excluding hydrogens is 652 g/mol. The summed E-state index contributed by atoms with van der Waals surface area (Å²) in [6, 6.07) is 0.723. The fourth-order valence-electron chi connectivity index (χ4n) is 4.76. The number of halogens is 1. The molecule has 2 aliphatic rings. The number of carboxylic acids is 2. The predicted molar refractivity (Wildman–Crippen MR) is 164 cm³/mol. The van der Waals surface area contributed by atoms with Gasteiger partial charge in [0.1, 0.15) is 27.1 Å². The van der Waals surface area contributed by atoms with Crippen molar-refractivity contribution in [2.45, 2.75) is 37.5 Å². The number of likely N-dealkylation sites (N-methyl/N-ethyl adjacent to an activating group) is 1. The molecule has 0 aliphatic carbocycles. The van der Waals surface area contributed by atoms with Gasteiger partial charge in [0.25, 0.3) is 11.8 Å². The summed E-state index contributed by atoms with van der Waals surface area (Å²) in [7, 11) is 1.84. The number of nitrogens with one attached hydrogen (secondary N) is 2. The summed E-state index contributed by atoms with van der Waals surface area (Å²) in [5, 5.41) is 27.8. The maximum atomic E-state index is 13.3. The van der Waals surface area contributed by atoms with Crippen molar-refractivity contribution in [1.82, 2.24) is 30.1 Å². The van der Waals surface area contributed by atoms with E-state index in [0.29, 0.717) is 30.1 Å². The van der Waals surface area contributed by atoms with Crippen LogP contribution in [0.1, 0.15) is 12.6 Å². The molecule has 0 radical (unpaired) electrons. The van der Waals surface area contributed by atoms with Gasteiger partial charge in [-0.1, -0.05) is 28.1 Å². The number of imidazole rings is 1. The molecule has 0 bridgehead atoms. The summed E-state index contributed by atoms with van der Waals surface area (Å²) in [4.78, 5) is 64.6. The zero-order chi connectivity index (χ0) is 32.6. The van der Waals surface area contributed by atoms with E-state index < -0.39 is 47.0 Å². The Morgan fingerprint density at radius 3 is 2.71 bits per heavy atom. The first kappa shape index (κ1) is 31.9. The van der Waals surface area contributed by atoms with E-state index in [0.717, 1.165) is 21.8 Å². The van der Waals surface area contributed by atoms with E-state index in [1.807, 2.05) is 17.7 Å². The van der Waals surface area contributed by atoms with Crippen LogP contribution in [0.25, 0.3) is 11.0 Å². The molecule has 0 aromatic carbocycles. The van der Waals surface area contributed by atoms with Crippen molar-refractivity contribution >= 4 is 86.3 Å². The van der Waals surface area contributed by atoms with Crippen LogP contribution in [-0.2, 0) is 37.1 Å². The molecule has 2 amide bonds. The molecular formula is C25H28ClN10O7S2+. The highest BCUT2D eigenvalue weighted by Gasteiger charge is 2.55. The van der Waals surface area contributed by atoms with Crippen molar-refractivity contribution in [3.63, 3.8) is 0 Å². The number of anilines is 2. The fraction of sp³-hybridized carbons (Fsp3) is 0.360. The number of rotatable bonds is 12. The molecule has 238 valence electrons. The SMILES string of the molecule is CNCCn1c(N)nc2c[n+](CC3=C(C(=O)O)N4C(=O)C(NC(=O)/C(=N\O[C@@H](C)C(=O)O)c5nc(N)sc5Cl)[C@H]4SC3)ccc21. The number of β-lactam (4-membered cyclic amide) rings is 1. The summed E-state index contributed by atoms with van der Waals surface area (Å²) in [5.41, 5.74) is 12.9. The number of thioether (sulfide) groups is 1. The Hall–Kier alpha value is -4.46. The highest BCUT2D eigenvalue weighted by molar-refractivity contribution is 8.00. The van der Waals surface area contributed by atoms with E-state index in [-0.39, 0.29) is 33.2 Å². The second-order valence-electron chi connectivity index (χ2n) is 9.93. The number of carbonyl (C=O) groups is 4. The number of hydrogen-bond donors (Lipinski definition) is 6. The molecule has 1 unspecified atom stereocenters. The molecule has 3 aromatic rings. The molecule has 2 aliphatic heterocycles. The summed E-state index contributed by atoms with van der Waals surface area (Å²) < 4.78 is 3.63. The lowest BCUT2D eigenvalue weighted by atomic mass is 10.0. The Morgan fingerprint density at radius 1 is 1.31 bits per heavy atom. The third kappa shape index (κ3) is 6.23. The van der Waals surface area contributed by atoms with Crippen LogP contribution in [0.2, 0.25) is 4.34 Å². The maximum absolute atomic E-state index is 13.3. The molecule has 45 heavy (non-hydrogen) atoms. The van der Waals surface area contributed by atoms with Gasteiger partial charge in [0.2, 0.25) is 12.1 Å². The minimum Gasteiger partial charge on any atom is -0.478 e. The number of carbonyl (C=O) groups excluding carboxylic acids is 2. The number of fused-ring (bicyclic) bond motifs is 2. The summed E-state index contributed by atoms with van der Waals surface area (Å²) in [5.74, 6) is -3.62. The average molecular weight is 680 g/mol. The van der Waals surface area contributed by atoms with Crippen LogP contribution in [0.5, 0.6) is 0 Å². The second kappa shape index (κ2) is 12.9. The van der Waals surface area contributed by atoms with Gasteiger partial charge in [0.15, 0.2) is 35.3 Å². The first-order valence-electron chi connectivity index (χ1n) is 13.3. The number of nitrogens with two attached hydrogens (primary N) is 2. The van der Waals surface area contributed by atoms with Crippen LogP contribution < -0.4 is 26.7 Å². The number of pyridine rings is 1. The topological polar surface area (TPSA) is 244 Å². The third-order valence-corrected chi connectivity index (χ3v) is 9.39. The zero-order valence-corrected chi connectivity index (χ0v) is 26.1. The highest BCUT2D eigenvalue weighted by Crippen LogP contribution is 2.40. The summed E-state index contributed by atoms with van der Waals surface area (Å²) >= 11 is 8.29. The molecule has 8 N–H and O–H groups in total. The lowest BCUT2D eigenvalue weighted by molar-refractivity contribution is -0.687. The van der Waals surface area contributed by atoms with E-state index in [1.54, 1.807) is 17.0 Å². The Morgan fingerprint density at radius 2 is 2.07 bits per heavy atom. The van der Waals surface area contributed by atoms with Crippen molar-refractivity contribution in [3.8, 4) is 0 Å². The molecule has 3 atom stereocenters. The maximum Gasteiger partial charge on any atom is 0.352 e. The number of nitrogens with zero attached hydrogens (tertiary/aromatic N) is 6. The fourth-order valence-corrected chi connectivity index (χ4v) is 7.03. The van der Waals surface area contributed by atoms with Gasteiger partial charge in [-0.15, -0.1) is 11.8 Å². The van der Waals surface area contributed by atoms with Gasteiger partial charge in [-0.3, -0.25) is 14.5 Å². The van der Waals surface area contributed by atoms with Crippen LogP contribution in [0.4, 0.5) is 11.1 Å². The van der Waals surface area contributed by atoms with Crippen LogP contribution in [0.15, 0.2) is 34.9 Å². The molecule has 0 spiro atoms. The van der Waals surface area contributed by atoms with E-state index in [9.17, 15) is 24.3 Å². The van der Waals surface area contributed by atoms with Crippen molar-refractivity contribution in [2.24, 2.45) is 5.16 Å². The number of aromatic nitrogens is 4. The van der Waals surface area contributed by atoms with Gasteiger partial charge in [-0.05, 0) is 14.0 Å². The zero-order valence-electron chi connectivity index (χ0n) is 23.8. The number of thiazole rings is 1. The quantitative estimate of drug-likeness (QED) is 0.0610. The van der Waals surface area contributed by atoms with Gasteiger partial charge >= 0.3 is 11.9 Å². The van der Waals surface area contributed by atoms with Gasteiger partial charge < -0.3 is 41.7 Å². The lowest BCUT2D eigenvalue weighted by Crippen LogP contribution is -2.71. The minimum absolute atomic E-state index is 0.00886. The first-order chi connectivity index (χ1) is 21.4. The van der Waals surface area contributed by atoms with Crippen LogP contribution in [0.3, 0.4) is 0 Å². The van der Waals surface area contributed by atoms with E-state index >= 15 is 0 Å². The lowest BCUT2D eigenvalue weighted by Gasteiger charge is -2.49. The van der Waals surface area contributed by atoms with Crippen LogP contribution in [-0.4, -0.2) is 96.0 Å². The van der Waals surface area contributed by atoms with Crippen LogP contribution >= 0.6 is 34.7 Å². The molecule has 1 fully saturated rings. The predicted octanol–water partition coefficient (Wildman–Crippen LogP) is -0.550. The number of aliphatic carboxylic acids is 2. The molecule has 5 rings (SSSR count). The molecule has 5 heterocycles. The Bertz CT molecular complexity index is 1770. The highest BCUT2D eigenvalue weighted by atomic mass is 35.5. The molecule has 17 nitrogen and oxygen atoms in total. The average Bonchev–Trinajstić information content (AvgIpc) is 3.49. The van der Waals surface area contributed by atoms with Gasteiger partial charge in [0.05, 0.1) is 5.52 Å². The number of hydrogen-bond acceptors (Lipinski definition) is 13. The van der Waals surface area contributed by atoms with E-state index in [1.165, 1.54) is 18.7 Å². The Kier molecular flexibility index (Phi) is 9.14. The number of nitrogen functional groups attached to an aromatic ring is 2. The molecule has 3 aromatic heterocycles. The smallest absolute Gasteiger partial charge is 0.352 e. The first-order valence-corrected chi connectivity index (χ1v) is 15.5. The normalized spacial score (nSPS) is 18.9. The second-order valence-corrected chi connectivity index (χ2v) is 12.7. The van der Waals surface area contributed by atoms with Crippen LogP contribution in [0, 0.1) is 0 Å². The standard InChI is InChI=1S/C25H27ClN10O7S2/c1-10(22(39)40)43-33-15(14-18(26)45-25(28)32-14)19(37)31-16-20(38)36-17(23(41)42)11(9-44-21(16)36)7-34-5-3-13-12(8-34)30-24(27)35(13)6-4-29-2/h3,5,8,10,16,21,29H,4,6-7,9H2,1-2H3,(H6-,27,28,30,31,32,37,39,40,41,42)/p+1/b33-15-/t10-,16?,21+/m0/s1.